The van der Waals surface area contributed by atoms with Crippen molar-refractivity contribution in [1.29, 1.82) is 5.26 Å². The van der Waals surface area contributed by atoms with Crippen LogP contribution in [0.3, 0.4) is 0 Å². The molecule has 0 aliphatic heterocycles. The first kappa shape index (κ1) is 14.7. The van der Waals surface area contributed by atoms with Gasteiger partial charge in [-0.1, -0.05) is 13.0 Å². The van der Waals surface area contributed by atoms with Crippen molar-refractivity contribution in [2.45, 2.75) is 13.3 Å². The number of hydrogen-bond donors (Lipinski definition) is 0. The van der Waals surface area contributed by atoms with Crippen LogP contribution in [-0.2, 0) is 6.42 Å². The third-order valence-corrected chi connectivity index (χ3v) is 2.79. The molecule has 5 nitrogen and oxygen atoms in total. The molecule has 0 saturated heterocycles. The lowest BCUT2D eigenvalue weighted by molar-refractivity contribution is 0.209. The summed E-state index contributed by atoms with van der Waals surface area (Å²) in [6.07, 6.45) is 1.94. The molecular formula is C16H15NO4. The SMILES string of the molecule is CCc1occc(=O)c1OCCOc1cccc(C#N)c1. The maximum atomic E-state index is 11.7. The molecular weight excluding hydrogens is 270 g/mol. The van der Waals surface area contributed by atoms with E-state index in [-0.39, 0.29) is 24.4 Å². The molecule has 0 unspecified atom stereocenters. The van der Waals surface area contributed by atoms with E-state index in [0.29, 0.717) is 23.5 Å². The molecule has 0 radical (unpaired) electrons. The Balaban J connectivity index is 1.91. The fraction of sp³-hybridized carbons (Fsp3) is 0.250. The highest BCUT2D eigenvalue weighted by Crippen LogP contribution is 2.14. The zero-order valence-corrected chi connectivity index (χ0v) is 11.7. The van der Waals surface area contributed by atoms with E-state index in [1.54, 1.807) is 24.3 Å². The van der Waals surface area contributed by atoms with Gasteiger partial charge in [0.1, 0.15) is 24.7 Å². The lowest BCUT2D eigenvalue weighted by Gasteiger charge is -2.09. The van der Waals surface area contributed by atoms with Crippen molar-refractivity contribution in [3.63, 3.8) is 0 Å². The van der Waals surface area contributed by atoms with E-state index in [1.807, 2.05) is 13.0 Å². The summed E-state index contributed by atoms with van der Waals surface area (Å²) in [5, 5.41) is 8.80. The van der Waals surface area contributed by atoms with E-state index in [4.69, 9.17) is 19.2 Å². The molecule has 2 aromatic rings. The summed E-state index contributed by atoms with van der Waals surface area (Å²) in [6, 6.07) is 10.2. The van der Waals surface area contributed by atoms with Gasteiger partial charge >= 0.3 is 0 Å². The molecule has 5 heteroatoms. The summed E-state index contributed by atoms with van der Waals surface area (Å²) < 4.78 is 16.1. The van der Waals surface area contributed by atoms with Gasteiger partial charge in [0.2, 0.25) is 11.2 Å². The van der Waals surface area contributed by atoms with Crippen LogP contribution in [0.25, 0.3) is 0 Å². The summed E-state index contributed by atoms with van der Waals surface area (Å²) in [5.74, 6) is 1.34. The van der Waals surface area contributed by atoms with Crippen molar-refractivity contribution >= 4 is 0 Å². The second-order valence-corrected chi connectivity index (χ2v) is 4.23. The Morgan fingerprint density at radius 2 is 2.05 bits per heavy atom. The van der Waals surface area contributed by atoms with Crippen molar-refractivity contribution < 1.29 is 13.9 Å². The van der Waals surface area contributed by atoms with Gasteiger partial charge in [0.05, 0.1) is 17.9 Å². The van der Waals surface area contributed by atoms with Crippen LogP contribution >= 0.6 is 0 Å². The van der Waals surface area contributed by atoms with Gasteiger partial charge in [0.15, 0.2) is 0 Å². The van der Waals surface area contributed by atoms with Gasteiger partial charge in [0.25, 0.3) is 0 Å². The average Bonchev–Trinajstić information content (AvgIpc) is 2.52. The molecule has 0 atom stereocenters. The van der Waals surface area contributed by atoms with Crippen LogP contribution in [0.4, 0.5) is 0 Å². The highest BCUT2D eigenvalue weighted by Gasteiger charge is 2.08. The highest BCUT2D eigenvalue weighted by molar-refractivity contribution is 5.36. The molecule has 0 saturated carbocycles. The van der Waals surface area contributed by atoms with Gasteiger partial charge < -0.3 is 13.9 Å². The van der Waals surface area contributed by atoms with Crippen LogP contribution < -0.4 is 14.9 Å². The first-order chi connectivity index (χ1) is 10.2. The minimum atomic E-state index is -0.204. The lowest BCUT2D eigenvalue weighted by atomic mass is 10.2. The van der Waals surface area contributed by atoms with Crippen LogP contribution in [0.2, 0.25) is 0 Å². The van der Waals surface area contributed by atoms with Crippen molar-refractivity contribution in [1.82, 2.24) is 0 Å². The first-order valence-corrected chi connectivity index (χ1v) is 6.61. The minimum Gasteiger partial charge on any atom is -0.490 e. The van der Waals surface area contributed by atoms with E-state index in [1.165, 1.54) is 12.3 Å². The monoisotopic (exact) mass is 285 g/mol. The Labute approximate surface area is 122 Å². The molecule has 0 amide bonds. The number of hydrogen-bond acceptors (Lipinski definition) is 5. The van der Waals surface area contributed by atoms with Gasteiger partial charge in [-0.2, -0.15) is 5.26 Å². The fourth-order valence-electron chi connectivity index (χ4n) is 1.80. The van der Waals surface area contributed by atoms with Crippen molar-refractivity contribution in [3.05, 3.63) is 58.1 Å². The third kappa shape index (κ3) is 3.86. The number of ether oxygens (including phenoxy) is 2. The number of rotatable bonds is 6. The smallest absolute Gasteiger partial charge is 0.227 e. The molecule has 0 aliphatic rings. The van der Waals surface area contributed by atoms with E-state index < -0.39 is 0 Å². The number of aryl methyl sites for hydroxylation is 1. The summed E-state index contributed by atoms with van der Waals surface area (Å²) in [7, 11) is 0. The predicted molar refractivity (Wildman–Crippen MR) is 76.5 cm³/mol. The van der Waals surface area contributed by atoms with Gasteiger partial charge in [-0.25, -0.2) is 0 Å². The molecule has 0 spiro atoms. The van der Waals surface area contributed by atoms with E-state index in [2.05, 4.69) is 0 Å². The molecule has 0 bridgehead atoms. The van der Waals surface area contributed by atoms with Gasteiger partial charge in [-0.15, -0.1) is 0 Å². The summed E-state index contributed by atoms with van der Waals surface area (Å²) in [6.45, 7) is 2.37. The van der Waals surface area contributed by atoms with Gasteiger partial charge in [-0.05, 0) is 18.2 Å². The topological polar surface area (TPSA) is 72.5 Å². The maximum Gasteiger partial charge on any atom is 0.227 e. The zero-order valence-electron chi connectivity index (χ0n) is 11.7. The predicted octanol–water partition coefficient (Wildman–Crippen LogP) is 2.53. The standard InChI is InChI=1S/C16H15NO4/c1-2-15-16(14(18)6-7-20-15)21-9-8-19-13-5-3-4-12(10-13)11-17/h3-7,10H,2,8-9H2,1H3. The average molecular weight is 285 g/mol. The Hall–Kier alpha value is -2.74. The summed E-state index contributed by atoms with van der Waals surface area (Å²) in [4.78, 5) is 11.7. The molecule has 1 aromatic heterocycles. The van der Waals surface area contributed by atoms with Crippen LogP contribution in [0.5, 0.6) is 11.5 Å². The van der Waals surface area contributed by atoms with Crippen LogP contribution in [0, 0.1) is 11.3 Å². The first-order valence-electron chi connectivity index (χ1n) is 6.61. The lowest BCUT2D eigenvalue weighted by Crippen LogP contribution is -2.15. The van der Waals surface area contributed by atoms with Gasteiger partial charge in [0, 0.05) is 12.5 Å². The number of benzene rings is 1. The third-order valence-electron chi connectivity index (χ3n) is 2.79. The molecule has 1 heterocycles. The van der Waals surface area contributed by atoms with Crippen LogP contribution in [-0.4, -0.2) is 13.2 Å². The van der Waals surface area contributed by atoms with Crippen LogP contribution in [0.1, 0.15) is 18.2 Å². The van der Waals surface area contributed by atoms with E-state index >= 15 is 0 Å². The molecule has 21 heavy (non-hydrogen) atoms. The molecule has 2 rings (SSSR count). The number of nitriles is 1. The number of nitrogens with zero attached hydrogens (tertiary/aromatic N) is 1. The fourth-order valence-corrected chi connectivity index (χ4v) is 1.80. The summed E-state index contributed by atoms with van der Waals surface area (Å²) >= 11 is 0. The molecule has 0 N–H and O–H groups in total. The normalized spacial score (nSPS) is 9.90. The van der Waals surface area contributed by atoms with Crippen LogP contribution in [0.15, 0.2) is 45.8 Å². The molecule has 1 aromatic carbocycles. The van der Waals surface area contributed by atoms with Crippen molar-refractivity contribution in [2.24, 2.45) is 0 Å². The maximum absolute atomic E-state index is 11.7. The Kier molecular flexibility index (Phi) is 4.99. The van der Waals surface area contributed by atoms with E-state index in [0.717, 1.165) is 0 Å². The van der Waals surface area contributed by atoms with Gasteiger partial charge in [-0.3, -0.25) is 4.79 Å². The largest absolute Gasteiger partial charge is 0.490 e. The second kappa shape index (κ2) is 7.15. The van der Waals surface area contributed by atoms with Crippen molar-refractivity contribution in [2.75, 3.05) is 13.2 Å². The van der Waals surface area contributed by atoms with E-state index in [9.17, 15) is 4.79 Å². The summed E-state index contributed by atoms with van der Waals surface area (Å²) in [5.41, 5.74) is 0.329. The molecule has 108 valence electrons. The Morgan fingerprint density at radius 1 is 1.24 bits per heavy atom. The minimum absolute atomic E-state index is 0.204. The highest BCUT2D eigenvalue weighted by atomic mass is 16.5. The van der Waals surface area contributed by atoms with Crippen molar-refractivity contribution in [3.8, 4) is 17.6 Å². The molecule has 0 aliphatic carbocycles. The molecule has 0 fully saturated rings. The Bertz CT molecular complexity index is 700. The quantitative estimate of drug-likeness (QED) is 0.762. The second-order valence-electron chi connectivity index (χ2n) is 4.23. The Morgan fingerprint density at radius 3 is 2.81 bits per heavy atom. The zero-order chi connectivity index (χ0) is 15.1.